The van der Waals surface area contributed by atoms with Crippen LogP contribution in [0.3, 0.4) is 0 Å². The third-order valence-electron chi connectivity index (χ3n) is 6.74. The molecule has 3 saturated heterocycles. The van der Waals surface area contributed by atoms with E-state index in [0.29, 0.717) is 57.9 Å². The van der Waals surface area contributed by atoms with Crippen molar-refractivity contribution in [1.82, 2.24) is 13.5 Å². The van der Waals surface area contributed by atoms with Crippen LogP contribution in [-0.4, -0.2) is 80.2 Å². The lowest BCUT2D eigenvalue weighted by molar-refractivity contribution is -0.137. The van der Waals surface area contributed by atoms with Gasteiger partial charge in [-0.25, -0.2) is 4.39 Å². The number of para-hydroxylation sites is 1. The summed E-state index contributed by atoms with van der Waals surface area (Å²) in [6.45, 7) is 4.13. The molecule has 1 atom stereocenters. The summed E-state index contributed by atoms with van der Waals surface area (Å²) in [4.78, 5) is 17.0. The summed E-state index contributed by atoms with van der Waals surface area (Å²) in [6, 6.07) is 6.71. The zero-order valence-electron chi connectivity index (χ0n) is 18.1. The van der Waals surface area contributed by atoms with Crippen LogP contribution >= 0.6 is 0 Å². The maximum atomic E-state index is 14.1. The number of nitrogens with zero attached hydrogens (tertiary/aromatic N) is 4. The predicted molar refractivity (Wildman–Crippen MR) is 118 cm³/mol. The highest BCUT2D eigenvalue weighted by Crippen LogP contribution is 2.26. The molecule has 0 radical (unpaired) electrons. The first-order valence-electron chi connectivity index (χ1n) is 11.5. The fourth-order valence-electron chi connectivity index (χ4n) is 4.92. The standard InChI is InChI=1S/C22H33FN4O3S/c23-20-9-3-4-10-21(20)24-14-16-25(17-15-24)22(28)19-8-7-13-27(18-19)31(29,30)26-11-5-1-2-6-12-26/h3-4,9-10,19H,1-2,5-8,11-18H2. The van der Waals surface area contributed by atoms with Crippen LogP contribution in [0.5, 0.6) is 0 Å². The number of amides is 1. The maximum absolute atomic E-state index is 14.1. The molecule has 1 amide bonds. The fraction of sp³-hybridized carbons (Fsp3) is 0.682. The second-order valence-electron chi connectivity index (χ2n) is 8.78. The quantitative estimate of drug-likeness (QED) is 0.703. The van der Waals surface area contributed by atoms with Crippen LogP contribution in [0.1, 0.15) is 38.5 Å². The summed E-state index contributed by atoms with van der Waals surface area (Å²) in [6.07, 6.45) is 5.39. The van der Waals surface area contributed by atoms with Crippen molar-refractivity contribution in [3.63, 3.8) is 0 Å². The SMILES string of the molecule is O=C(C1CCCN(S(=O)(=O)N2CCCCCC2)C1)N1CCN(c2ccccc2F)CC1. The first-order chi connectivity index (χ1) is 15.0. The second kappa shape index (κ2) is 9.83. The monoisotopic (exact) mass is 452 g/mol. The van der Waals surface area contributed by atoms with E-state index in [1.54, 1.807) is 16.4 Å². The average molecular weight is 453 g/mol. The third kappa shape index (κ3) is 5.04. The minimum atomic E-state index is -3.51. The third-order valence-corrected chi connectivity index (χ3v) is 8.74. The highest BCUT2D eigenvalue weighted by atomic mass is 32.2. The molecule has 3 heterocycles. The molecule has 1 aromatic rings. The molecule has 0 aliphatic carbocycles. The molecule has 31 heavy (non-hydrogen) atoms. The number of piperazine rings is 1. The van der Waals surface area contributed by atoms with Crippen LogP contribution in [-0.2, 0) is 15.0 Å². The van der Waals surface area contributed by atoms with E-state index >= 15 is 0 Å². The lowest BCUT2D eigenvalue weighted by Gasteiger charge is -2.40. The Morgan fingerprint density at radius 3 is 2.16 bits per heavy atom. The molecule has 3 aliphatic rings. The molecule has 9 heteroatoms. The van der Waals surface area contributed by atoms with Gasteiger partial charge in [-0.2, -0.15) is 17.0 Å². The number of carbonyl (C=O) groups excluding carboxylic acids is 1. The van der Waals surface area contributed by atoms with Gasteiger partial charge in [-0.1, -0.05) is 25.0 Å². The van der Waals surface area contributed by atoms with E-state index in [2.05, 4.69) is 0 Å². The van der Waals surface area contributed by atoms with Gasteiger partial charge in [0.2, 0.25) is 5.91 Å². The Hall–Kier alpha value is -1.71. The van der Waals surface area contributed by atoms with E-state index in [-0.39, 0.29) is 24.2 Å². The number of anilines is 1. The van der Waals surface area contributed by atoms with E-state index in [4.69, 9.17) is 0 Å². The van der Waals surface area contributed by atoms with E-state index in [9.17, 15) is 17.6 Å². The van der Waals surface area contributed by atoms with Crippen LogP contribution in [0.4, 0.5) is 10.1 Å². The molecule has 172 valence electrons. The van der Waals surface area contributed by atoms with Gasteiger partial charge in [0.05, 0.1) is 11.6 Å². The van der Waals surface area contributed by atoms with Crippen molar-refractivity contribution in [3.8, 4) is 0 Å². The Kier molecular flexibility index (Phi) is 7.13. The zero-order valence-corrected chi connectivity index (χ0v) is 18.9. The van der Waals surface area contributed by atoms with Gasteiger partial charge in [0.15, 0.2) is 0 Å². The van der Waals surface area contributed by atoms with E-state index in [1.165, 1.54) is 10.4 Å². The van der Waals surface area contributed by atoms with Crippen LogP contribution in [0.2, 0.25) is 0 Å². The normalized spacial score (nSPS) is 24.7. The molecule has 0 saturated carbocycles. The Morgan fingerprint density at radius 1 is 0.839 bits per heavy atom. The topological polar surface area (TPSA) is 64.2 Å². The van der Waals surface area contributed by atoms with E-state index in [1.807, 2.05) is 15.9 Å². The Labute approximate surface area is 185 Å². The van der Waals surface area contributed by atoms with Gasteiger partial charge >= 0.3 is 0 Å². The molecule has 3 fully saturated rings. The van der Waals surface area contributed by atoms with Crippen molar-refractivity contribution in [2.75, 3.05) is 57.3 Å². The van der Waals surface area contributed by atoms with Crippen LogP contribution < -0.4 is 4.90 Å². The smallest absolute Gasteiger partial charge is 0.281 e. The van der Waals surface area contributed by atoms with Gasteiger partial charge in [0.1, 0.15) is 5.82 Å². The first kappa shape index (κ1) is 22.5. The van der Waals surface area contributed by atoms with Crippen molar-refractivity contribution in [3.05, 3.63) is 30.1 Å². The Morgan fingerprint density at radius 2 is 1.48 bits per heavy atom. The number of hydrogen-bond acceptors (Lipinski definition) is 4. The molecule has 0 bridgehead atoms. The predicted octanol–water partition coefficient (Wildman–Crippen LogP) is 2.31. The first-order valence-corrected chi connectivity index (χ1v) is 12.9. The second-order valence-corrected chi connectivity index (χ2v) is 10.7. The number of halogens is 1. The lowest BCUT2D eigenvalue weighted by Crippen LogP contribution is -2.54. The van der Waals surface area contributed by atoms with Gasteiger partial charge in [-0.05, 0) is 37.8 Å². The van der Waals surface area contributed by atoms with Crippen molar-refractivity contribution < 1.29 is 17.6 Å². The average Bonchev–Trinajstić information content (AvgIpc) is 3.09. The number of rotatable bonds is 4. The maximum Gasteiger partial charge on any atom is 0.281 e. The lowest BCUT2D eigenvalue weighted by atomic mass is 9.97. The van der Waals surface area contributed by atoms with Gasteiger partial charge in [-0.15, -0.1) is 0 Å². The summed E-state index contributed by atoms with van der Waals surface area (Å²) >= 11 is 0. The molecule has 3 aliphatic heterocycles. The molecule has 0 aromatic heterocycles. The van der Waals surface area contributed by atoms with E-state index in [0.717, 1.165) is 32.1 Å². The number of carbonyl (C=O) groups is 1. The minimum Gasteiger partial charge on any atom is -0.366 e. The number of piperidine rings is 1. The molecule has 1 aromatic carbocycles. The summed E-state index contributed by atoms with van der Waals surface area (Å²) in [7, 11) is -3.51. The highest BCUT2D eigenvalue weighted by molar-refractivity contribution is 7.86. The molecule has 0 spiro atoms. The molecular weight excluding hydrogens is 419 g/mol. The van der Waals surface area contributed by atoms with Crippen molar-refractivity contribution in [2.24, 2.45) is 5.92 Å². The van der Waals surface area contributed by atoms with Gasteiger partial charge in [0.25, 0.3) is 10.2 Å². The highest BCUT2D eigenvalue weighted by Gasteiger charge is 2.37. The molecule has 1 unspecified atom stereocenters. The molecular formula is C22H33FN4O3S. The van der Waals surface area contributed by atoms with Crippen molar-refractivity contribution in [1.29, 1.82) is 0 Å². The number of hydrogen-bond donors (Lipinski definition) is 0. The zero-order chi connectivity index (χ0) is 21.8. The summed E-state index contributed by atoms with van der Waals surface area (Å²) < 4.78 is 43.5. The van der Waals surface area contributed by atoms with Gasteiger partial charge in [-0.3, -0.25) is 4.79 Å². The fourth-order valence-corrected chi connectivity index (χ4v) is 6.70. The van der Waals surface area contributed by atoms with Gasteiger partial charge < -0.3 is 9.80 Å². The van der Waals surface area contributed by atoms with E-state index < -0.39 is 10.2 Å². The summed E-state index contributed by atoms with van der Waals surface area (Å²) in [5.74, 6) is -0.511. The Balaban J connectivity index is 1.35. The largest absolute Gasteiger partial charge is 0.366 e. The Bertz CT molecular complexity index is 865. The number of benzene rings is 1. The van der Waals surface area contributed by atoms with Crippen LogP contribution in [0.15, 0.2) is 24.3 Å². The molecule has 4 rings (SSSR count). The van der Waals surface area contributed by atoms with Crippen LogP contribution in [0, 0.1) is 11.7 Å². The van der Waals surface area contributed by atoms with Crippen LogP contribution in [0.25, 0.3) is 0 Å². The minimum absolute atomic E-state index is 0.0314. The van der Waals surface area contributed by atoms with Crippen molar-refractivity contribution in [2.45, 2.75) is 38.5 Å². The van der Waals surface area contributed by atoms with Crippen molar-refractivity contribution >= 4 is 21.8 Å². The molecule has 0 N–H and O–H groups in total. The molecule has 7 nitrogen and oxygen atoms in total. The summed E-state index contributed by atoms with van der Waals surface area (Å²) in [5, 5.41) is 0. The van der Waals surface area contributed by atoms with Gasteiger partial charge in [0, 0.05) is 52.4 Å². The summed E-state index contributed by atoms with van der Waals surface area (Å²) in [5.41, 5.74) is 0.571.